The zero-order chi connectivity index (χ0) is 19.5. The molecule has 0 fully saturated rings. The van der Waals surface area contributed by atoms with Gasteiger partial charge < -0.3 is 14.6 Å². The summed E-state index contributed by atoms with van der Waals surface area (Å²) in [5.41, 5.74) is 3.35. The first kappa shape index (κ1) is 18.0. The number of rotatable bonds is 6. The quantitative estimate of drug-likeness (QED) is 0.709. The van der Waals surface area contributed by atoms with E-state index in [1.165, 1.54) is 15.8 Å². The van der Waals surface area contributed by atoms with E-state index < -0.39 is 5.97 Å². The van der Waals surface area contributed by atoms with Crippen LogP contribution in [0.2, 0.25) is 0 Å². The van der Waals surface area contributed by atoms with Crippen molar-refractivity contribution in [2.75, 3.05) is 7.11 Å². The van der Waals surface area contributed by atoms with Gasteiger partial charge in [0.05, 0.1) is 13.7 Å². The number of carboxylic acids is 1. The second-order valence-electron chi connectivity index (χ2n) is 6.81. The Morgan fingerprint density at radius 1 is 1.18 bits per heavy atom. The first-order valence-electron chi connectivity index (χ1n) is 9.17. The number of fused-ring (bicyclic) bond motifs is 1. The third kappa shape index (κ3) is 3.69. The van der Waals surface area contributed by atoms with Gasteiger partial charge in [-0.05, 0) is 41.7 Å². The van der Waals surface area contributed by atoms with Gasteiger partial charge in [0, 0.05) is 6.42 Å². The fourth-order valence-electron chi connectivity index (χ4n) is 3.49. The van der Waals surface area contributed by atoms with Crippen LogP contribution in [-0.4, -0.2) is 39.3 Å². The number of nitrogens with zero attached hydrogens (tertiary/aromatic N) is 3. The van der Waals surface area contributed by atoms with Gasteiger partial charge in [-0.1, -0.05) is 41.6 Å². The first-order chi connectivity index (χ1) is 13.6. The molecule has 2 aromatic carbocycles. The number of aromatic nitrogens is 3. The van der Waals surface area contributed by atoms with Gasteiger partial charge >= 0.3 is 5.97 Å². The van der Waals surface area contributed by atoms with Crippen molar-refractivity contribution in [1.29, 1.82) is 0 Å². The number of benzene rings is 2. The third-order valence-electron chi connectivity index (χ3n) is 4.96. The molecule has 0 saturated carbocycles. The molecular weight excluding hydrogens is 358 g/mol. The maximum atomic E-state index is 11.6. The summed E-state index contributed by atoms with van der Waals surface area (Å²) in [5, 5.41) is 17.3. The molecule has 28 heavy (non-hydrogen) atoms. The van der Waals surface area contributed by atoms with Crippen LogP contribution in [0.3, 0.4) is 0 Å². The Morgan fingerprint density at radius 2 is 1.93 bits per heavy atom. The highest BCUT2D eigenvalue weighted by atomic mass is 16.5. The Labute approximate surface area is 162 Å². The molecule has 144 valence electrons. The van der Waals surface area contributed by atoms with Crippen LogP contribution in [0.1, 0.15) is 33.6 Å². The number of aryl methyl sites for hydroxylation is 1. The Morgan fingerprint density at radius 3 is 2.64 bits per heavy atom. The zero-order valence-electron chi connectivity index (χ0n) is 15.5. The lowest BCUT2D eigenvalue weighted by Gasteiger charge is -2.25. The molecule has 3 aromatic rings. The molecule has 0 radical (unpaired) electrons. The molecule has 0 aliphatic heterocycles. The number of ether oxygens (including phenoxy) is 2. The van der Waals surface area contributed by atoms with Crippen molar-refractivity contribution in [3.8, 4) is 11.6 Å². The van der Waals surface area contributed by atoms with Crippen LogP contribution in [0.25, 0.3) is 0 Å². The minimum Gasteiger partial charge on any atom is -0.497 e. The van der Waals surface area contributed by atoms with Crippen LogP contribution < -0.4 is 9.47 Å². The summed E-state index contributed by atoms with van der Waals surface area (Å²) >= 11 is 0. The largest absolute Gasteiger partial charge is 0.497 e. The van der Waals surface area contributed by atoms with Crippen molar-refractivity contribution in [2.24, 2.45) is 0 Å². The van der Waals surface area contributed by atoms with Gasteiger partial charge in [0.15, 0.2) is 0 Å². The number of methoxy groups -OCH3 is 1. The van der Waals surface area contributed by atoms with Gasteiger partial charge in [0.1, 0.15) is 11.9 Å². The van der Waals surface area contributed by atoms with Gasteiger partial charge in [-0.2, -0.15) is 0 Å². The standard InChI is InChI=1S/C21H21N3O4/c1-27-17-9-6-14(7-10-17)13-24-20(19(21(25)26)22-23-24)28-18-11-8-15-4-2-3-5-16(15)12-18/h2-7,9-10,18H,8,11-13H2,1H3,(H,25,26). The first-order valence-corrected chi connectivity index (χ1v) is 9.17. The van der Waals surface area contributed by atoms with Crippen molar-refractivity contribution in [3.05, 3.63) is 70.9 Å². The molecule has 0 amide bonds. The van der Waals surface area contributed by atoms with Gasteiger partial charge in [-0.15, -0.1) is 5.10 Å². The molecule has 7 nitrogen and oxygen atoms in total. The van der Waals surface area contributed by atoms with E-state index in [2.05, 4.69) is 22.4 Å². The summed E-state index contributed by atoms with van der Waals surface area (Å²) in [6.45, 7) is 0.364. The fraction of sp³-hybridized carbons (Fsp3) is 0.286. The molecule has 0 spiro atoms. The second kappa shape index (κ2) is 7.72. The molecule has 1 aromatic heterocycles. The maximum absolute atomic E-state index is 11.6. The Kier molecular flexibility index (Phi) is 4.97. The zero-order valence-corrected chi connectivity index (χ0v) is 15.5. The van der Waals surface area contributed by atoms with Crippen molar-refractivity contribution in [3.63, 3.8) is 0 Å². The SMILES string of the molecule is COc1ccc(Cn2nnc(C(=O)O)c2OC2CCc3ccccc3C2)cc1. The number of hydrogen-bond donors (Lipinski definition) is 1. The van der Waals surface area contributed by atoms with E-state index in [9.17, 15) is 9.90 Å². The molecule has 0 saturated heterocycles. The molecule has 4 rings (SSSR count). The molecule has 0 bridgehead atoms. The smallest absolute Gasteiger partial charge is 0.362 e. The highest BCUT2D eigenvalue weighted by Crippen LogP contribution is 2.27. The summed E-state index contributed by atoms with van der Waals surface area (Å²) in [7, 11) is 1.61. The van der Waals surface area contributed by atoms with Gasteiger partial charge in [0.25, 0.3) is 0 Å². The van der Waals surface area contributed by atoms with Crippen LogP contribution >= 0.6 is 0 Å². The Hall–Kier alpha value is -3.35. The molecule has 1 heterocycles. The highest BCUT2D eigenvalue weighted by Gasteiger charge is 2.26. The van der Waals surface area contributed by atoms with E-state index in [-0.39, 0.29) is 17.7 Å². The van der Waals surface area contributed by atoms with E-state index in [0.29, 0.717) is 6.54 Å². The lowest BCUT2D eigenvalue weighted by molar-refractivity contribution is 0.0680. The summed E-state index contributed by atoms with van der Waals surface area (Å²) < 4.78 is 12.8. The van der Waals surface area contributed by atoms with E-state index in [1.54, 1.807) is 7.11 Å². The monoisotopic (exact) mass is 379 g/mol. The van der Waals surface area contributed by atoms with Gasteiger partial charge in [0.2, 0.25) is 11.6 Å². The minimum atomic E-state index is -1.15. The van der Waals surface area contributed by atoms with Crippen LogP contribution in [0.4, 0.5) is 0 Å². The normalized spacial score (nSPS) is 15.7. The Bertz CT molecular complexity index is 982. The van der Waals surface area contributed by atoms with Crippen LogP contribution in [0.5, 0.6) is 11.6 Å². The molecule has 1 aliphatic rings. The number of carbonyl (C=O) groups is 1. The number of hydrogen-bond acceptors (Lipinski definition) is 5. The van der Waals surface area contributed by atoms with Crippen molar-refractivity contribution in [2.45, 2.75) is 31.9 Å². The molecule has 1 atom stereocenters. The van der Waals surface area contributed by atoms with E-state index in [4.69, 9.17) is 9.47 Å². The predicted octanol–water partition coefficient (Wildman–Crippen LogP) is 2.97. The van der Waals surface area contributed by atoms with E-state index in [1.807, 2.05) is 36.4 Å². The maximum Gasteiger partial charge on any atom is 0.362 e. The average Bonchev–Trinajstić information content (AvgIpc) is 3.11. The molecule has 1 N–H and O–H groups in total. The topological polar surface area (TPSA) is 86.5 Å². The van der Waals surface area contributed by atoms with Crippen molar-refractivity contribution >= 4 is 5.97 Å². The third-order valence-corrected chi connectivity index (χ3v) is 4.96. The average molecular weight is 379 g/mol. The molecule has 1 unspecified atom stereocenters. The van der Waals surface area contributed by atoms with Crippen LogP contribution in [0.15, 0.2) is 48.5 Å². The van der Waals surface area contributed by atoms with Crippen LogP contribution in [-0.2, 0) is 19.4 Å². The minimum absolute atomic E-state index is 0.110. The second-order valence-corrected chi connectivity index (χ2v) is 6.81. The highest BCUT2D eigenvalue weighted by molar-refractivity contribution is 5.87. The summed E-state index contributed by atoms with van der Waals surface area (Å²) in [4.78, 5) is 11.6. The lowest BCUT2D eigenvalue weighted by atomic mass is 9.90. The number of aromatic carboxylic acids is 1. The summed E-state index contributed by atoms with van der Waals surface area (Å²) in [6, 6.07) is 15.8. The van der Waals surface area contributed by atoms with Gasteiger partial charge in [-0.3, -0.25) is 0 Å². The predicted molar refractivity (Wildman–Crippen MR) is 102 cm³/mol. The van der Waals surface area contributed by atoms with E-state index >= 15 is 0 Å². The van der Waals surface area contributed by atoms with Crippen molar-refractivity contribution in [1.82, 2.24) is 15.0 Å². The molecule has 7 heteroatoms. The van der Waals surface area contributed by atoms with Gasteiger partial charge in [-0.25, -0.2) is 9.48 Å². The summed E-state index contributed by atoms with van der Waals surface area (Å²) in [5.74, 6) is -0.189. The van der Waals surface area contributed by atoms with Crippen molar-refractivity contribution < 1.29 is 19.4 Å². The molecule has 1 aliphatic carbocycles. The Balaban J connectivity index is 1.57. The number of carboxylic acid groups (broad SMARTS) is 1. The fourth-order valence-corrected chi connectivity index (χ4v) is 3.49. The molecular formula is C21H21N3O4. The van der Waals surface area contributed by atoms with E-state index in [0.717, 1.165) is 30.6 Å². The van der Waals surface area contributed by atoms with Crippen LogP contribution in [0, 0.1) is 0 Å². The summed E-state index contributed by atoms with van der Waals surface area (Å²) in [6.07, 6.45) is 2.36. The lowest BCUT2D eigenvalue weighted by Crippen LogP contribution is -2.27.